The van der Waals surface area contributed by atoms with Gasteiger partial charge in [-0.05, 0) is 55.2 Å². The van der Waals surface area contributed by atoms with Gasteiger partial charge in [-0.15, -0.1) is 0 Å². The molecule has 1 amide bonds. The van der Waals surface area contributed by atoms with E-state index in [0.717, 1.165) is 37.1 Å². The lowest BCUT2D eigenvalue weighted by Crippen LogP contribution is -2.37. The van der Waals surface area contributed by atoms with E-state index >= 15 is 0 Å². The van der Waals surface area contributed by atoms with E-state index in [1.807, 2.05) is 55.5 Å². The van der Waals surface area contributed by atoms with Gasteiger partial charge in [-0.25, -0.2) is 4.99 Å². The molecule has 0 saturated carbocycles. The van der Waals surface area contributed by atoms with Crippen LogP contribution in [0.15, 0.2) is 53.5 Å². The zero-order valence-corrected chi connectivity index (χ0v) is 18.0. The van der Waals surface area contributed by atoms with Crippen LogP contribution in [0.25, 0.3) is 0 Å². The van der Waals surface area contributed by atoms with Crippen LogP contribution < -0.4 is 16.0 Å². The zero-order valence-electron chi connectivity index (χ0n) is 17.3. The maximum Gasteiger partial charge on any atom is 0.251 e. The Balaban J connectivity index is 1.55. The predicted octanol–water partition coefficient (Wildman–Crippen LogP) is 3.50. The van der Waals surface area contributed by atoms with Crippen molar-refractivity contribution in [3.63, 3.8) is 0 Å². The summed E-state index contributed by atoms with van der Waals surface area (Å²) in [6.45, 7) is 5.22. The Bertz CT molecular complexity index is 866. The number of halogens is 1. The van der Waals surface area contributed by atoms with E-state index in [1.165, 1.54) is 0 Å². The summed E-state index contributed by atoms with van der Waals surface area (Å²) in [6.07, 6.45) is 2.21. The molecular weight excluding hydrogens is 400 g/mol. The molecule has 1 aliphatic heterocycles. The van der Waals surface area contributed by atoms with Crippen LogP contribution in [0.3, 0.4) is 0 Å². The Morgan fingerprint density at radius 1 is 1.13 bits per heavy atom. The van der Waals surface area contributed by atoms with Crippen molar-refractivity contribution in [3.8, 4) is 0 Å². The highest BCUT2D eigenvalue weighted by molar-refractivity contribution is 6.30. The lowest BCUT2D eigenvalue weighted by Gasteiger charge is -2.13. The molecule has 0 aliphatic carbocycles. The van der Waals surface area contributed by atoms with Crippen molar-refractivity contribution < 1.29 is 9.53 Å². The van der Waals surface area contributed by atoms with Crippen molar-refractivity contribution in [2.75, 3.05) is 19.7 Å². The fourth-order valence-electron chi connectivity index (χ4n) is 3.27. The van der Waals surface area contributed by atoms with Crippen molar-refractivity contribution in [1.29, 1.82) is 0 Å². The number of rotatable bonds is 8. The molecule has 1 unspecified atom stereocenters. The van der Waals surface area contributed by atoms with Crippen molar-refractivity contribution in [3.05, 3.63) is 70.2 Å². The van der Waals surface area contributed by atoms with Gasteiger partial charge in [0.15, 0.2) is 5.96 Å². The maximum absolute atomic E-state index is 12.4. The number of carbonyl (C=O) groups excluding carboxylic acids is 1. The van der Waals surface area contributed by atoms with E-state index in [2.05, 4.69) is 20.9 Å². The number of aliphatic imine (C=N–C) groups is 1. The number of hydrogen-bond donors (Lipinski definition) is 3. The second-order valence-corrected chi connectivity index (χ2v) is 7.66. The van der Waals surface area contributed by atoms with Crippen LogP contribution in [0.1, 0.15) is 41.3 Å². The monoisotopic (exact) mass is 428 g/mol. The Labute approximate surface area is 183 Å². The van der Waals surface area contributed by atoms with Gasteiger partial charge in [0.1, 0.15) is 0 Å². The molecule has 0 aromatic heterocycles. The van der Waals surface area contributed by atoms with Crippen molar-refractivity contribution in [2.24, 2.45) is 4.99 Å². The zero-order chi connectivity index (χ0) is 21.2. The number of hydrogen-bond acceptors (Lipinski definition) is 3. The molecule has 160 valence electrons. The first-order valence-corrected chi connectivity index (χ1v) is 10.8. The Morgan fingerprint density at radius 2 is 1.97 bits per heavy atom. The van der Waals surface area contributed by atoms with Gasteiger partial charge in [0.25, 0.3) is 5.91 Å². The highest BCUT2D eigenvalue weighted by atomic mass is 35.5. The number of guanidine groups is 1. The summed E-state index contributed by atoms with van der Waals surface area (Å²) in [7, 11) is 0. The minimum absolute atomic E-state index is 0.0751. The topological polar surface area (TPSA) is 74.8 Å². The SMILES string of the molecule is CCNC(=NCc1cccc(Cl)c1)NCc1cccc(C(=O)NCC2CCCO2)c1. The summed E-state index contributed by atoms with van der Waals surface area (Å²) >= 11 is 6.04. The van der Waals surface area contributed by atoms with E-state index in [0.29, 0.717) is 36.2 Å². The molecule has 30 heavy (non-hydrogen) atoms. The third-order valence-corrected chi connectivity index (χ3v) is 5.05. The van der Waals surface area contributed by atoms with E-state index in [9.17, 15) is 4.79 Å². The largest absolute Gasteiger partial charge is 0.376 e. The van der Waals surface area contributed by atoms with Crippen LogP contribution in [-0.4, -0.2) is 37.7 Å². The predicted molar refractivity (Wildman–Crippen MR) is 121 cm³/mol. The number of benzene rings is 2. The van der Waals surface area contributed by atoms with Gasteiger partial charge < -0.3 is 20.7 Å². The van der Waals surface area contributed by atoms with Gasteiger partial charge in [-0.3, -0.25) is 4.79 Å². The van der Waals surface area contributed by atoms with Gasteiger partial charge in [-0.2, -0.15) is 0 Å². The van der Waals surface area contributed by atoms with Gasteiger partial charge in [0.2, 0.25) is 0 Å². The second-order valence-electron chi connectivity index (χ2n) is 7.22. The van der Waals surface area contributed by atoms with Crippen molar-refractivity contribution in [1.82, 2.24) is 16.0 Å². The molecule has 3 N–H and O–H groups in total. The molecule has 1 fully saturated rings. The second kappa shape index (κ2) is 11.6. The first-order chi connectivity index (χ1) is 14.6. The quantitative estimate of drug-likeness (QED) is 0.444. The Morgan fingerprint density at radius 3 is 2.73 bits per heavy atom. The van der Waals surface area contributed by atoms with Crippen molar-refractivity contribution in [2.45, 2.75) is 39.0 Å². The Hall–Kier alpha value is -2.57. The highest BCUT2D eigenvalue weighted by Gasteiger charge is 2.16. The molecule has 1 aliphatic rings. The molecule has 2 aromatic rings. The summed E-state index contributed by atoms with van der Waals surface area (Å²) in [5.74, 6) is 0.639. The molecule has 0 spiro atoms. The standard InChI is InChI=1S/C23H29ClN4O2/c1-2-25-23(28-15-18-7-4-9-20(24)13-18)27-14-17-6-3-8-19(12-17)22(29)26-16-21-10-5-11-30-21/h3-4,6-9,12-13,21H,2,5,10-11,14-16H2,1H3,(H,26,29)(H2,25,27,28). The average Bonchev–Trinajstić information content (AvgIpc) is 3.28. The highest BCUT2D eigenvalue weighted by Crippen LogP contribution is 2.12. The van der Waals surface area contributed by atoms with Crippen LogP contribution >= 0.6 is 11.6 Å². The molecule has 0 radical (unpaired) electrons. The van der Waals surface area contributed by atoms with E-state index in [1.54, 1.807) is 0 Å². The third kappa shape index (κ3) is 7.04. The first-order valence-electron chi connectivity index (χ1n) is 10.4. The fraction of sp³-hybridized carbons (Fsp3) is 0.391. The molecule has 0 bridgehead atoms. The summed E-state index contributed by atoms with van der Waals surface area (Å²) in [5.41, 5.74) is 2.70. The van der Waals surface area contributed by atoms with Crippen LogP contribution in [0.2, 0.25) is 5.02 Å². The average molecular weight is 429 g/mol. The summed E-state index contributed by atoms with van der Waals surface area (Å²) < 4.78 is 5.56. The molecular formula is C23H29ClN4O2. The molecule has 1 saturated heterocycles. The van der Waals surface area contributed by atoms with Gasteiger partial charge in [0, 0.05) is 36.8 Å². The normalized spacial score (nSPS) is 16.3. The molecule has 6 nitrogen and oxygen atoms in total. The summed E-state index contributed by atoms with van der Waals surface area (Å²) in [4.78, 5) is 17.1. The van der Waals surface area contributed by atoms with Crippen LogP contribution in [0.5, 0.6) is 0 Å². The van der Waals surface area contributed by atoms with Crippen LogP contribution in [0.4, 0.5) is 0 Å². The summed E-state index contributed by atoms with van der Waals surface area (Å²) in [5, 5.41) is 10.2. The molecule has 1 atom stereocenters. The minimum Gasteiger partial charge on any atom is -0.376 e. The summed E-state index contributed by atoms with van der Waals surface area (Å²) in [6, 6.07) is 15.3. The molecule has 7 heteroatoms. The van der Waals surface area contributed by atoms with Gasteiger partial charge in [-0.1, -0.05) is 35.9 Å². The minimum atomic E-state index is -0.0751. The molecule has 2 aromatic carbocycles. The Kier molecular flexibility index (Phi) is 8.53. The van der Waals surface area contributed by atoms with E-state index < -0.39 is 0 Å². The fourth-order valence-corrected chi connectivity index (χ4v) is 3.48. The number of carbonyl (C=O) groups is 1. The number of nitrogens with one attached hydrogen (secondary N) is 3. The molecule has 3 rings (SSSR count). The van der Waals surface area contributed by atoms with Crippen molar-refractivity contribution >= 4 is 23.5 Å². The molecule has 1 heterocycles. The maximum atomic E-state index is 12.4. The van der Waals surface area contributed by atoms with Gasteiger partial charge in [0.05, 0.1) is 12.6 Å². The van der Waals surface area contributed by atoms with E-state index in [-0.39, 0.29) is 12.0 Å². The lowest BCUT2D eigenvalue weighted by molar-refractivity contribution is 0.0857. The number of ether oxygens (including phenoxy) is 1. The van der Waals surface area contributed by atoms with Crippen LogP contribution in [-0.2, 0) is 17.8 Å². The van der Waals surface area contributed by atoms with Gasteiger partial charge >= 0.3 is 0 Å². The number of nitrogens with zero attached hydrogens (tertiary/aromatic N) is 1. The van der Waals surface area contributed by atoms with Crippen LogP contribution in [0, 0.1) is 0 Å². The number of amides is 1. The third-order valence-electron chi connectivity index (χ3n) is 4.82. The van der Waals surface area contributed by atoms with E-state index in [4.69, 9.17) is 16.3 Å². The first kappa shape index (κ1) is 22.1. The smallest absolute Gasteiger partial charge is 0.251 e. The lowest BCUT2D eigenvalue weighted by atomic mass is 10.1.